The third-order valence-corrected chi connectivity index (χ3v) is 5.32. The number of rotatable bonds is 2. The molecule has 4 aromatic carbocycles. The lowest BCUT2D eigenvalue weighted by molar-refractivity contribution is 0.670. The number of para-hydroxylation sites is 3. The van der Waals surface area contributed by atoms with Crippen LogP contribution in [0.1, 0.15) is 0 Å². The molecule has 132 valence electrons. The average Bonchev–Trinajstić information content (AvgIpc) is 3.35. The van der Waals surface area contributed by atoms with E-state index in [-0.39, 0.29) is 0 Å². The molecule has 2 heterocycles. The van der Waals surface area contributed by atoms with E-state index in [2.05, 4.69) is 64.8 Å². The normalized spacial score (nSPS) is 11.6. The zero-order valence-electron chi connectivity index (χ0n) is 15.0. The van der Waals surface area contributed by atoms with Crippen molar-refractivity contribution in [2.45, 2.75) is 0 Å². The van der Waals surface area contributed by atoms with Gasteiger partial charge in [0.25, 0.3) is 0 Å². The van der Waals surface area contributed by atoms with Crippen molar-refractivity contribution in [3.63, 3.8) is 0 Å². The minimum Gasteiger partial charge on any atom is -0.455 e. The number of benzene rings is 4. The fraction of sp³-hybridized carbons (Fsp3) is 0. The number of H-pyrrole nitrogens is 1. The second-order valence-corrected chi connectivity index (χ2v) is 6.98. The van der Waals surface area contributed by atoms with Crippen LogP contribution >= 0.6 is 0 Å². The minimum absolute atomic E-state index is 0.916. The predicted molar refractivity (Wildman–Crippen MR) is 114 cm³/mol. The van der Waals surface area contributed by atoms with Crippen LogP contribution in [0, 0.1) is 0 Å². The largest absolute Gasteiger partial charge is 0.455 e. The molecule has 0 spiro atoms. The molecule has 3 nitrogen and oxygen atoms in total. The summed E-state index contributed by atoms with van der Waals surface area (Å²) in [6, 6.07) is 31.2. The van der Waals surface area contributed by atoms with E-state index in [1.165, 1.54) is 0 Å². The lowest BCUT2D eigenvalue weighted by Crippen LogP contribution is -1.83. The Kier molecular flexibility index (Phi) is 3.17. The van der Waals surface area contributed by atoms with Crippen LogP contribution in [-0.2, 0) is 0 Å². The molecule has 0 bridgehead atoms. The highest BCUT2D eigenvalue weighted by atomic mass is 16.3. The molecule has 3 heteroatoms. The molecule has 6 rings (SSSR count). The van der Waals surface area contributed by atoms with E-state index in [1.54, 1.807) is 0 Å². The number of nitrogens with one attached hydrogen (secondary N) is 1. The standard InChI is InChI=1S/C25H16N2O/c1-3-13-22-21(10-1)24(27-26-22)17-8-5-7-16(15-17)18-11-6-12-20-19-9-2-4-14-23(19)28-25(18)20/h1-15H,(H,26,27). The SMILES string of the molecule is c1cc(-c2n[nH]c3ccccc23)cc(-c2cccc3c2oc2ccccc23)c1. The molecule has 0 saturated carbocycles. The van der Waals surface area contributed by atoms with Gasteiger partial charge in [0.1, 0.15) is 11.2 Å². The smallest absolute Gasteiger partial charge is 0.143 e. The summed E-state index contributed by atoms with van der Waals surface area (Å²) in [5.74, 6) is 0. The quantitative estimate of drug-likeness (QED) is 0.369. The fourth-order valence-electron chi connectivity index (χ4n) is 3.99. The van der Waals surface area contributed by atoms with Crippen molar-refractivity contribution in [2.75, 3.05) is 0 Å². The van der Waals surface area contributed by atoms with Crippen molar-refractivity contribution in [3.05, 3.63) is 91.0 Å². The van der Waals surface area contributed by atoms with Crippen LogP contribution in [0.4, 0.5) is 0 Å². The molecule has 0 unspecified atom stereocenters. The zero-order valence-corrected chi connectivity index (χ0v) is 15.0. The number of hydrogen-bond acceptors (Lipinski definition) is 2. The van der Waals surface area contributed by atoms with Gasteiger partial charge in [0.2, 0.25) is 0 Å². The summed E-state index contributed by atoms with van der Waals surface area (Å²) in [4.78, 5) is 0. The number of nitrogens with zero attached hydrogens (tertiary/aromatic N) is 1. The molecule has 0 saturated heterocycles. The van der Waals surface area contributed by atoms with Crippen LogP contribution in [0.5, 0.6) is 0 Å². The summed E-state index contributed by atoms with van der Waals surface area (Å²) in [7, 11) is 0. The predicted octanol–water partition coefficient (Wildman–Crippen LogP) is 6.80. The molecule has 28 heavy (non-hydrogen) atoms. The summed E-state index contributed by atoms with van der Waals surface area (Å²) >= 11 is 0. The number of fused-ring (bicyclic) bond motifs is 4. The van der Waals surface area contributed by atoms with Gasteiger partial charge in [-0.15, -0.1) is 0 Å². The summed E-state index contributed by atoms with van der Waals surface area (Å²) in [6.45, 7) is 0. The van der Waals surface area contributed by atoms with Crippen molar-refractivity contribution in [3.8, 4) is 22.4 Å². The van der Waals surface area contributed by atoms with Crippen LogP contribution in [0.3, 0.4) is 0 Å². The first-order valence-corrected chi connectivity index (χ1v) is 9.33. The lowest BCUT2D eigenvalue weighted by Gasteiger charge is -2.05. The Morgan fingerprint density at radius 2 is 1.39 bits per heavy atom. The molecule has 0 aliphatic heterocycles. The Morgan fingerprint density at radius 1 is 0.643 bits per heavy atom. The van der Waals surface area contributed by atoms with E-state index in [1.807, 2.05) is 36.4 Å². The van der Waals surface area contributed by atoms with E-state index in [4.69, 9.17) is 4.42 Å². The Morgan fingerprint density at radius 3 is 2.36 bits per heavy atom. The molecule has 0 radical (unpaired) electrons. The van der Waals surface area contributed by atoms with Crippen molar-refractivity contribution >= 4 is 32.8 Å². The van der Waals surface area contributed by atoms with Gasteiger partial charge in [-0.1, -0.05) is 72.8 Å². The molecular formula is C25H16N2O. The van der Waals surface area contributed by atoms with Gasteiger partial charge in [-0.2, -0.15) is 5.10 Å². The average molecular weight is 360 g/mol. The maximum Gasteiger partial charge on any atom is 0.143 e. The highest BCUT2D eigenvalue weighted by Crippen LogP contribution is 2.37. The van der Waals surface area contributed by atoms with Gasteiger partial charge in [-0.3, -0.25) is 5.10 Å². The van der Waals surface area contributed by atoms with Gasteiger partial charge in [-0.05, 0) is 23.8 Å². The van der Waals surface area contributed by atoms with Gasteiger partial charge in [-0.25, -0.2) is 0 Å². The number of hydrogen-bond donors (Lipinski definition) is 1. The van der Waals surface area contributed by atoms with Gasteiger partial charge in [0.15, 0.2) is 0 Å². The Hall–Kier alpha value is -3.85. The number of aromatic nitrogens is 2. The molecular weight excluding hydrogens is 344 g/mol. The Bertz CT molecular complexity index is 1470. The molecule has 1 N–H and O–H groups in total. The maximum absolute atomic E-state index is 6.22. The third kappa shape index (κ3) is 2.20. The van der Waals surface area contributed by atoms with E-state index in [0.717, 1.165) is 55.2 Å². The first kappa shape index (κ1) is 15.2. The van der Waals surface area contributed by atoms with Gasteiger partial charge in [0, 0.05) is 27.3 Å². The van der Waals surface area contributed by atoms with Crippen LogP contribution < -0.4 is 0 Å². The molecule has 0 amide bonds. The molecule has 0 aliphatic rings. The summed E-state index contributed by atoms with van der Waals surface area (Å²) in [5.41, 5.74) is 7.15. The van der Waals surface area contributed by atoms with Crippen LogP contribution in [0.2, 0.25) is 0 Å². The van der Waals surface area contributed by atoms with E-state index in [9.17, 15) is 0 Å². The van der Waals surface area contributed by atoms with Crippen LogP contribution in [-0.4, -0.2) is 10.2 Å². The molecule has 0 fully saturated rings. The van der Waals surface area contributed by atoms with Crippen LogP contribution in [0.25, 0.3) is 55.2 Å². The third-order valence-electron chi connectivity index (χ3n) is 5.32. The van der Waals surface area contributed by atoms with E-state index in [0.29, 0.717) is 0 Å². The van der Waals surface area contributed by atoms with Crippen LogP contribution in [0.15, 0.2) is 95.4 Å². The first-order valence-electron chi connectivity index (χ1n) is 9.33. The first-order chi connectivity index (χ1) is 13.9. The molecule has 2 aromatic heterocycles. The second-order valence-electron chi connectivity index (χ2n) is 6.98. The number of aromatic amines is 1. The highest BCUT2D eigenvalue weighted by molar-refractivity contribution is 6.09. The zero-order chi connectivity index (χ0) is 18.5. The van der Waals surface area contributed by atoms with Crippen molar-refractivity contribution in [1.29, 1.82) is 0 Å². The van der Waals surface area contributed by atoms with Gasteiger partial charge >= 0.3 is 0 Å². The minimum atomic E-state index is 0.916. The molecule has 6 aromatic rings. The Balaban J connectivity index is 1.57. The molecule has 0 aliphatic carbocycles. The lowest BCUT2D eigenvalue weighted by atomic mass is 9.98. The second kappa shape index (κ2) is 5.83. The van der Waals surface area contributed by atoms with E-state index >= 15 is 0 Å². The number of furan rings is 1. The monoisotopic (exact) mass is 360 g/mol. The van der Waals surface area contributed by atoms with Gasteiger partial charge in [0.05, 0.1) is 11.2 Å². The maximum atomic E-state index is 6.22. The van der Waals surface area contributed by atoms with Gasteiger partial charge < -0.3 is 4.42 Å². The van der Waals surface area contributed by atoms with Crippen molar-refractivity contribution in [2.24, 2.45) is 0 Å². The topological polar surface area (TPSA) is 41.8 Å². The summed E-state index contributed by atoms with van der Waals surface area (Å²) in [6.07, 6.45) is 0. The Labute approximate surface area is 161 Å². The van der Waals surface area contributed by atoms with Crippen molar-refractivity contribution < 1.29 is 4.42 Å². The van der Waals surface area contributed by atoms with Crippen molar-refractivity contribution in [1.82, 2.24) is 10.2 Å². The highest BCUT2D eigenvalue weighted by Gasteiger charge is 2.13. The molecule has 0 atom stereocenters. The summed E-state index contributed by atoms with van der Waals surface area (Å²) in [5, 5.41) is 11.1. The fourth-order valence-corrected chi connectivity index (χ4v) is 3.99. The van der Waals surface area contributed by atoms with E-state index < -0.39 is 0 Å². The summed E-state index contributed by atoms with van der Waals surface area (Å²) < 4.78 is 6.22.